The summed E-state index contributed by atoms with van der Waals surface area (Å²) in [5.41, 5.74) is 0.961. The van der Waals surface area contributed by atoms with Crippen LogP contribution >= 0.6 is 0 Å². The molecule has 3 rings (SSSR count). The first-order chi connectivity index (χ1) is 11.2. The lowest BCUT2D eigenvalue weighted by Gasteiger charge is -2.19. The molecule has 0 spiro atoms. The fourth-order valence-electron chi connectivity index (χ4n) is 2.63. The van der Waals surface area contributed by atoms with E-state index >= 15 is 0 Å². The molecule has 1 fully saturated rings. The van der Waals surface area contributed by atoms with Crippen molar-refractivity contribution in [2.45, 2.75) is 38.5 Å². The quantitative estimate of drug-likeness (QED) is 0.889. The van der Waals surface area contributed by atoms with Gasteiger partial charge in [0.25, 0.3) is 0 Å². The highest BCUT2D eigenvalue weighted by molar-refractivity contribution is 5.74. The summed E-state index contributed by atoms with van der Waals surface area (Å²) in [4.78, 5) is 16.1. The van der Waals surface area contributed by atoms with Crippen molar-refractivity contribution in [1.82, 2.24) is 15.6 Å². The van der Waals surface area contributed by atoms with Gasteiger partial charge in [-0.3, -0.25) is 0 Å². The van der Waals surface area contributed by atoms with Gasteiger partial charge >= 0.3 is 6.03 Å². The molecule has 2 aromatic rings. The van der Waals surface area contributed by atoms with Crippen LogP contribution in [-0.4, -0.2) is 29.8 Å². The van der Waals surface area contributed by atoms with Gasteiger partial charge in [0.05, 0.1) is 24.9 Å². The van der Waals surface area contributed by atoms with Crippen LogP contribution in [0.1, 0.15) is 25.7 Å². The number of hydrogen-bond donors (Lipinski definition) is 2. The zero-order chi connectivity index (χ0) is 16.1. The highest BCUT2D eigenvalue weighted by Gasteiger charge is 2.23. The number of aromatic nitrogens is 1. The molecule has 6 nitrogen and oxygen atoms in total. The molecule has 23 heavy (non-hydrogen) atoms. The first-order valence-electron chi connectivity index (χ1n) is 7.88. The van der Waals surface area contributed by atoms with Crippen molar-refractivity contribution in [2.75, 3.05) is 6.61 Å². The van der Waals surface area contributed by atoms with Crippen LogP contribution < -0.4 is 10.6 Å². The summed E-state index contributed by atoms with van der Waals surface area (Å²) in [7, 11) is 0. The number of rotatable bonds is 5. The summed E-state index contributed by atoms with van der Waals surface area (Å²) in [6.07, 6.45) is 3.81. The van der Waals surface area contributed by atoms with Crippen molar-refractivity contribution >= 4 is 6.03 Å². The minimum Gasteiger partial charge on any atom is -0.439 e. The molecule has 0 saturated carbocycles. The smallest absolute Gasteiger partial charge is 0.315 e. The summed E-state index contributed by atoms with van der Waals surface area (Å²) >= 11 is 0. The normalized spacial score (nSPS) is 18.6. The van der Waals surface area contributed by atoms with E-state index in [1.54, 1.807) is 6.20 Å². The molecule has 0 unspecified atom stereocenters. The van der Waals surface area contributed by atoms with Gasteiger partial charge in [-0.15, -0.1) is 0 Å². The number of urea groups is 1. The fraction of sp³-hybridized carbons (Fsp3) is 0.412. The highest BCUT2D eigenvalue weighted by Crippen LogP contribution is 2.19. The number of hydrogen-bond acceptors (Lipinski definition) is 4. The molecular weight excluding hydrogens is 294 g/mol. The number of oxazole rings is 1. The van der Waals surface area contributed by atoms with E-state index in [-0.39, 0.29) is 24.7 Å². The van der Waals surface area contributed by atoms with E-state index in [0.717, 1.165) is 25.0 Å². The van der Waals surface area contributed by atoms with Crippen molar-refractivity contribution in [1.29, 1.82) is 0 Å². The Labute approximate surface area is 135 Å². The molecule has 1 aliphatic heterocycles. The van der Waals surface area contributed by atoms with Gasteiger partial charge in [-0.05, 0) is 19.8 Å². The minimum atomic E-state index is -0.243. The van der Waals surface area contributed by atoms with Crippen LogP contribution in [0.4, 0.5) is 4.79 Å². The van der Waals surface area contributed by atoms with Crippen LogP contribution in [0, 0.1) is 0 Å². The summed E-state index contributed by atoms with van der Waals surface area (Å²) in [5.74, 6) is 1.17. The number of ether oxygens (including phenoxy) is 1. The lowest BCUT2D eigenvalue weighted by molar-refractivity contribution is 0.0860. The van der Waals surface area contributed by atoms with E-state index in [9.17, 15) is 4.79 Å². The molecule has 0 bridgehead atoms. The van der Waals surface area contributed by atoms with E-state index in [1.165, 1.54) is 0 Å². The Kier molecular flexibility index (Phi) is 4.92. The maximum atomic E-state index is 11.9. The fourth-order valence-corrected chi connectivity index (χ4v) is 2.63. The van der Waals surface area contributed by atoms with Gasteiger partial charge in [-0.1, -0.05) is 30.3 Å². The molecule has 0 aliphatic carbocycles. The first kappa shape index (κ1) is 15.6. The van der Waals surface area contributed by atoms with Gasteiger partial charge in [0.1, 0.15) is 0 Å². The predicted octanol–water partition coefficient (Wildman–Crippen LogP) is 2.71. The highest BCUT2D eigenvalue weighted by atomic mass is 16.5. The summed E-state index contributed by atoms with van der Waals surface area (Å²) in [5, 5.41) is 5.64. The Balaban J connectivity index is 1.48. The van der Waals surface area contributed by atoms with Gasteiger partial charge in [-0.25, -0.2) is 9.78 Å². The third-order valence-corrected chi connectivity index (χ3v) is 3.89. The molecule has 1 aromatic carbocycles. The third-order valence-electron chi connectivity index (χ3n) is 3.89. The van der Waals surface area contributed by atoms with E-state index in [2.05, 4.69) is 15.6 Å². The molecule has 1 aliphatic rings. The SMILES string of the molecule is C[C@@H](NC(=O)NCc1ncc(-c2ccccc2)o1)[C@@H]1CCCO1. The Bertz CT molecular complexity index is 636. The second-order valence-electron chi connectivity index (χ2n) is 5.65. The molecular formula is C17H21N3O3. The molecule has 2 N–H and O–H groups in total. The zero-order valence-corrected chi connectivity index (χ0v) is 13.1. The van der Waals surface area contributed by atoms with Gasteiger partial charge < -0.3 is 19.8 Å². The number of benzene rings is 1. The lowest BCUT2D eigenvalue weighted by atomic mass is 10.1. The maximum Gasteiger partial charge on any atom is 0.315 e. The van der Waals surface area contributed by atoms with Crippen molar-refractivity contribution in [3.8, 4) is 11.3 Å². The second-order valence-corrected chi connectivity index (χ2v) is 5.65. The van der Waals surface area contributed by atoms with Gasteiger partial charge in [0.15, 0.2) is 5.76 Å². The van der Waals surface area contributed by atoms with Crippen LogP contribution in [0.15, 0.2) is 40.9 Å². The molecule has 2 atom stereocenters. The molecule has 6 heteroatoms. The zero-order valence-electron chi connectivity index (χ0n) is 13.1. The van der Waals surface area contributed by atoms with E-state index in [0.29, 0.717) is 11.7 Å². The van der Waals surface area contributed by atoms with Crippen LogP contribution in [0.5, 0.6) is 0 Å². The molecule has 0 radical (unpaired) electrons. The molecule has 122 valence electrons. The van der Waals surface area contributed by atoms with Crippen molar-refractivity contribution in [2.24, 2.45) is 0 Å². The Morgan fingerprint density at radius 1 is 1.39 bits per heavy atom. The average Bonchev–Trinajstić information content (AvgIpc) is 3.25. The third kappa shape index (κ3) is 4.10. The second kappa shape index (κ2) is 7.28. The first-order valence-corrected chi connectivity index (χ1v) is 7.88. The van der Waals surface area contributed by atoms with E-state index in [1.807, 2.05) is 37.3 Å². The maximum absolute atomic E-state index is 11.9. The molecule has 1 saturated heterocycles. The van der Waals surface area contributed by atoms with Crippen LogP contribution in [0.2, 0.25) is 0 Å². The number of carbonyl (C=O) groups excluding carboxylic acids is 1. The largest absolute Gasteiger partial charge is 0.439 e. The predicted molar refractivity (Wildman–Crippen MR) is 85.7 cm³/mol. The lowest BCUT2D eigenvalue weighted by Crippen LogP contribution is -2.45. The Morgan fingerprint density at radius 2 is 2.22 bits per heavy atom. The molecule has 2 amide bonds. The topological polar surface area (TPSA) is 76.4 Å². The number of amides is 2. The van der Waals surface area contributed by atoms with E-state index < -0.39 is 0 Å². The van der Waals surface area contributed by atoms with Crippen LogP contribution in [-0.2, 0) is 11.3 Å². The summed E-state index contributed by atoms with van der Waals surface area (Å²) < 4.78 is 11.2. The standard InChI is InChI=1S/C17H21N3O3/c1-12(14-8-5-9-22-14)20-17(21)19-11-16-18-10-15(23-16)13-6-3-2-4-7-13/h2-4,6-7,10,12,14H,5,8-9,11H2,1H3,(H2,19,20,21)/t12-,14+/m1/s1. The monoisotopic (exact) mass is 315 g/mol. The van der Waals surface area contributed by atoms with Crippen molar-refractivity contribution in [3.05, 3.63) is 42.4 Å². The van der Waals surface area contributed by atoms with Gasteiger partial charge in [-0.2, -0.15) is 0 Å². The van der Waals surface area contributed by atoms with Crippen molar-refractivity contribution < 1.29 is 13.9 Å². The van der Waals surface area contributed by atoms with Gasteiger partial charge in [0.2, 0.25) is 5.89 Å². The van der Waals surface area contributed by atoms with Gasteiger partial charge in [0, 0.05) is 12.2 Å². The Hall–Kier alpha value is -2.34. The number of nitrogens with one attached hydrogen (secondary N) is 2. The van der Waals surface area contributed by atoms with E-state index in [4.69, 9.17) is 9.15 Å². The summed E-state index contributed by atoms with van der Waals surface area (Å²) in [6, 6.07) is 9.48. The Morgan fingerprint density at radius 3 is 2.96 bits per heavy atom. The average molecular weight is 315 g/mol. The molecule has 1 aromatic heterocycles. The minimum absolute atomic E-state index is 0.0121. The van der Waals surface area contributed by atoms with Crippen LogP contribution in [0.3, 0.4) is 0 Å². The molecule has 2 heterocycles. The number of nitrogens with zero attached hydrogens (tertiary/aromatic N) is 1. The summed E-state index contributed by atoms with van der Waals surface area (Å²) in [6.45, 7) is 2.97. The number of carbonyl (C=O) groups is 1. The van der Waals surface area contributed by atoms with Crippen molar-refractivity contribution in [3.63, 3.8) is 0 Å². The van der Waals surface area contributed by atoms with Crippen LogP contribution in [0.25, 0.3) is 11.3 Å².